The lowest BCUT2D eigenvalue weighted by Gasteiger charge is -2.38. The van der Waals surface area contributed by atoms with E-state index in [9.17, 15) is 9.59 Å². The third-order valence-corrected chi connectivity index (χ3v) is 3.42. The highest BCUT2D eigenvalue weighted by molar-refractivity contribution is 5.82. The van der Waals surface area contributed by atoms with E-state index in [1.165, 1.54) is 0 Å². The van der Waals surface area contributed by atoms with Crippen molar-refractivity contribution < 1.29 is 14.7 Å². The lowest BCUT2D eigenvalue weighted by atomic mass is 10.1. The van der Waals surface area contributed by atoms with Crippen LogP contribution in [0.15, 0.2) is 0 Å². The Morgan fingerprint density at radius 3 is 2.61 bits per heavy atom. The normalized spacial score (nSPS) is 22.6. The first-order chi connectivity index (χ1) is 8.45. The van der Waals surface area contributed by atoms with Crippen LogP contribution in [0.3, 0.4) is 0 Å². The minimum atomic E-state index is -0.965. The second kappa shape index (κ2) is 6.58. The highest BCUT2D eigenvalue weighted by atomic mass is 16.4. The van der Waals surface area contributed by atoms with E-state index in [4.69, 9.17) is 5.11 Å². The van der Waals surface area contributed by atoms with Crippen molar-refractivity contribution in [3.8, 4) is 0 Å². The summed E-state index contributed by atoms with van der Waals surface area (Å²) in [7, 11) is 2.02. The average Bonchev–Trinajstić information content (AvgIpc) is 2.31. The average molecular weight is 257 g/mol. The Kier molecular flexibility index (Phi) is 5.40. The van der Waals surface area contributed by atoms with Gasteiger partial charge in [-0.05, 0) is 20.4 Å². The smallest absolute Gasteiger partial charge is 0.326 e. The van der Waals surface area contributed by atoms with Crippen LogP contribution in [-0.4, -0.2) is 65.7 Å². The number of hydrogen-bond acceptors (Lipinski definition) is 3. The van der Waals surface area contributed by atoms with Crippen molar-refractivity contribution in [1.82, 2.24) is 15.1 Å². The van der Waals surface area contributed by atoms with E-state index in [0.29, 0.717) is 25.6 Å². The van der Waals surface area contributed by atoms with Gasteiger partial charge < -0.3 is 20.2 Å². The van der Waals surface area contributed by atoms with Gasteiger partial charge in [0.15, 0.2) is 0 Å². The Morgan fingerprint density at radius 2 is 2.11 bits per heavy atom. The molecule has 2 atom stereocenters. The summed E-state index contributed by atoms with van der Waals surface area (Å²) in [4.78, 5) is 26.8. The molecule has 0 aromatic rings. The predicted octanol–water partition coefficient (Wildman–Crippen LogP) is 0.585. The second-order valence-electron chi connectivity index (χ2n) is 4.90. The molecule has 2 N–H and O–H groups in total. The van der Waals surface area contributed by atoms with Crippen molar-refractivity contribution in [2.75, 3.05) is 26.7 Å². The quantitative estimate of drug-likeness (QED) is 0.773. The molecule has 2 amide bonds. The van der Waals surface area contributed by atoms with Gasteiger partial charge in [-0.2, -0.15) is 0 Å². The maximum atomic E-state index is 12.0. The van der Waals surface area contributed by atoms with Gasteiger partial charge in [0, 0.05) is 25.7 Å². The van der Waals surface area contributed by atoms with E-state index in [2.05, 4.69) is 17.1 Å². The van der Waals surface area contributed by atoms with Gasteiger partial charge >= 0.3 is 12.0 Å². The molecular formula is C12H23N3O3. The molecule has 6 nitrogen and oxygen atoms in total. The van der Waals surface area contributed by atoms with E-state index in [1.807, 2.05) is 14.0 Å². The molecule has 1 fully saturated rings. The van der Waals surface area contributed by atoms with E-state index < -0.39 is 12.0 Å². The number of hydrogen-bond donors (Lipinski definition) is 2. The largest absolute Gasteiger partial charge is 0.480 e. The second-order valence-corrected chi connectivity index (χ2v) is 4.90. The van der Waals surface area contributed by atoms with Gasteiger partial charge in [-0.25, -0.2) is 9.59 Å². The lowest BCUT2D eigenvalue weighted by Crippen LogP contribution is -2.56. The molecule has 0 aliphatic carbocycles. The number of amides is 2. The molecular weight excluding hydrogens is 234 g/mol. The summed E-state index contributed by atoms with van der Waals surface area (Å²) in [5.74, 6) is -0.965. The number of carboxylic acid groups (broad SMARTS) is 1. The number of nitrogens with zero attached hydrogens (tertiary/aromatic N) is 2. The summed E-state index contributed by atoms with van der Waals surface area (Å²) >= 11 is 0. The van der Waals surface area contributed by atoms with Crippen LogP contribution in [0, 0.1) is 0 Å². The topological polar surface area (TPSA) is 72.9 Å². The minimum absolute atomic E-state index is 0.268. The summed E-state index contributed by atoms with van der Waals surface area (Å²) < 4.78 is 0. The first-order valence-corrected chi connectivity index (χ1v) is 6.44. The van der Waals surface area contributed by atoms with Crippen LogP contribution >= 0.6 is 0 Å². The van der Waals surface area contributed by atoms with Gasteiger partial charge in [-0.3, -0.25) is 0 Å². The van der Waals surface area contributed by atoms with Crippen LogP contribution in [0.1, 0.15) is 26.7 Å². The number of aliphatic carboxylic acids is 1. The molecule has 1 aliphatic heterocycles. The molecule has 0 aromatic heterocycles. The van der Waals surface area contributed by atoms with Crippen molar-refractivity contribution in [3.63, 3.8) is 0 Å². The molecule has 0 bridgehead atoms. The van der Waals surface area contributed by atoms with Crippen molar-refractivity contribution >= 4 is 12.0 Å². The van der Waals surface area contributed by atoms with Gasteiger partial charge in [-0.1, -0.05) is 13.3 Å². The highest BCUT2D eigenvalue weighted by Gasteiger charge is 2.27. The van der Waals surface area contributed by atoms with Crippen LogP contribution < -0.4 is 5.32 Å². The lowest BCUT2D eigenvalue weighted by molar-refractivity contribution is -0.139. The number of carbonyl (C=O) groups is 2. The molecule has 18 heavy (non-hydrogen) atoms. The fourth-order valence-electron chi connectivity index (χ4n) is 2.02. The fraction of sp³-hybridized carbons (Fsp3) is 0.833. The fourth-order valence-corrected chi connectivity index (χ4v) is 2.02. The third kappa shape index (κ3) is 3.87. The summed E-state index contributed by atoms with van der Waals surface area (Å²) in [5.41, 5.74) is 0. The number of likely N-dealkylation sites (N-methyl/N-ethyl adjacent to an activating group) is 1. The molecule has 0 spiro atoms. The highest BCUT2D eigenvalue weighted by Crippen LogP contribution is 2.08. The van der Waals surface area contributed by atoms with Gasteiger partial charge in [0.1, 0.15) is 6.04 Å². The number of rotatable bonds is 4. The van der Waals surface area contributed by atoms with Crippen molar-refractivity contribution in [2.24, 2.45) is 0 Å². The number of piperazine rings is 1. The van der Waals surface area contributed by atoms with Crippen molar-refractivity contribution in [3.05, 3.63) is 0 Å². The molecule has 1 unspecified atom stereocenters. The predicted molar refractivity (Wildman–Crippen MR) is 68.5 cm³/mol. The molecule has 0 radical (unpaired) electrons. The summed E-state index contributed by atoms with van der Waals surface area (Å²) in [5, 5.41) is 11.6. The van der Waals surface area contributed by atoms with E-state index in [-0.39, 0.29) is 6.03 Å². The SMILES string of the molecule is CCC[C@@H](NC(=O)N1CCN(C)C(C)C1)C(=O)O. The van der Waals surface area contributed by atoms with E-state index in [1.54, 1.807) is 4.90 Å². The van der Waals surface area contributed by atoms with Gasteiger partial charge in [0.25, 0.3) is 0 Å². The monoisotopic (exact) mass is 257 g/mol. The van der Waals surface area contributed by atoms with Crippen LogP contribution in [0.5, 0.6) is 0 Å². The zero-order valence-corrected chi connectivity index (χ0v) is 11.3. The molecule has 1 rings (SSSR count). The zero-order chi connectivity index (χ0) is 13.7. The molecule has 0 saturated carbocycles. The molecule has 1 heterocycles. The van der Waals surface area contributed by atoms with E-state index in [0.717, 1.165) is 13.0 Å². The minimum Gasteiger partial charge on any atom is -0.480 e. The third-order valence-electron chi connectivity index (χ3n) is 3.42. The van der Waals surface area contributed by atoms with Crippen LogP contribution in [0.4, 0.5) is 4.79 Å². The standard InChI is InChI=1S/C12H23N3O3/c1-4-5-10(11(16)17)13-12(18)15-7-6-14(3)9(2)8-15/h9-10H,4-8H2,1-3H3,(H,13,18)(H,16,17)/t9?,10-/m1/s1. The maximum absolute atomic E-state index is 12.0. The Labute approximate surface area is 108 Å². The van der Waals surface area contributed by atoms with Crippen LogP contribution in [0.25, 0.3) is 0 Å². The molecule has 0 aromatic carbocycles. The summed E-state index contributed by atoms with van der Waals surface area (Å²) in [6.07, 6.45) is 1.20. The number of carbonyl (C=O) groups excluding carboxylic acids is 1. The van der Waals surface area contributed by atoms with Crippen molar-refractivity contribution in [1.29, 1.82) is 0 Å². The number of carboxylic acids is 1. The molecule has 6 heteroatoms. The van der Waals surface area contributed by atoms with Crippen LogP contribution in [0.2, 0.25) is 0 Å². The van der Waals surface area contributed by atoms with Gasteiger partial charge in [0.2, 0.25) is 0 Å². The summed E-state index contributed by atoms with van der Waals surface area (Å²) in [6, 6.07) is -0.743. The number of nitrogens with one attached hydrogen (secondary N) is 1. The first-order valence-electron chi connectivity index (χ1n) is 6.44. The van der Waals surface area contributed by atoms with Gasteiger partial charge in [0.05, 0.1) is 0 Å². The van der Waals surface area contributed by atoms with Crippen molar-refractivity contribution in [2.45, 2.75) is 38.8 Å². The Hall–Kier alpha value is -1.30. The molecule has 104 valence electrons. The Morgan fingerprint density at radius 1 is 1.44 bits per heavy atom. The number of urea groups is 1. The van der Waals surface area contributed by atoms with E-state index >= 15 is 0 Å². The maximum Gasteiger partial charge on any atom is 0.326 e. The molecule has 1 aliphatic rings. The first kappa shape index (κ1) is 14.8. The zero-order valence-electron chi connectivity index (χ0n) is 11.3. The Bertz CT molecular complexity index is 309. The van der Waals surface area contributed by atoms with Crippen LogP contribution in [-0.2, 0) is 4.79 Å². The Balaban J connectivity index is 2.51. The van der Waals surface area contributed by atoms with Gasteiger partial charge in [-0.15, -0.1) is 0 Å². The summed E-state index contributed by atoms with van der Waals surface area (Å²) in [6.45, 7) is 6.06. The molecule has 1 saturated heterocycles.